The molecule has 4 aromatic carbocycles. The molecule has 4 aromatic rings. The van der Waals surface area contributed by atoms with Crippen LogP contribution < -0.4 is 10.6 Å². The molecule has 5 rings (SSSR count). The summed E-state index contributed by atoms with van der Waals surface area (Å²) in [6, 6.07) is 31.8. The molecule has 4 heteroatoms. The minimum atomic E-state index is -0.363. The second-order valence-electron chi connectivity index (χ2n) is 9.69. The van der Waals surface area contributed by atoms with Crippen LogP contribution in [0.25, 0.3) is 21.9 Å². The summed E-state index contributed by atoms with van der Waals surface area (Å²) < 4.78 is 0. The zero-order valence-electron chi connectivity index (χ0n) is 20.4. The first-order valence-corrected chi connectivity index (χ1v) is 12.9. The average molecular weight is 474 g/mol. The van der Waals surface area contributed by atoms with Crippen molar-refractivity contribution in [1.82, 2.24) is 0 Å². The van der Waals surface area contributed by atoms with E-state index in [9.17, 15) is 10.1 Å². The Labute approximate surface area is 213 Å². The highest BCUT2D eigenvalue weighted by molar-refractivity contribution is 6.01. The minimum absolute atomic E-state index is 0.0264. The Kier molecular flexibility index (Phi) is 7.28. The number of nitrogens with one attached hydrogen (secondary N) is 2. The van der Waals surface area contributed by atoms with Gasteiger partial charge in [-0.2, -0.15) is 5.26 Å². The second kappa shape index (κ2) is 11.1. The van der Waals surface area contributed by atoms with Gasteiger partial charge in [0, 0.05) is 22.1 Å². The SMILES string of the molecule is N#Cc1ccc(N[C@@H](CC2CCCCC2)C(=O)Nc2ccc(-c3ccccc3)cc2)c2ccccc12. The minimum Gasteiger partial charge on any atom is -0.373 e. The van der Waals surface area contributed by atoms with E-state index in [2.05, 4.69) is 28.8 Å². The molecule has 0 aliphatic heterocycles. The van der Waals surface area contributed by atoms with Gasteiger partial charge in [-0.25, -0.2) is 0 Å². The number of carbonyl (C=O) groups excluding carboxylic acids is 1. The fraction of sp³-hybridized carbons (Fsp3) is 0.250. The Morgan fingerprint density at radius 1 is 0.806 bits per heavy atom. The van der Waals surface area contributed by atoms with E-state index in [0.29, 0.717) is 11.5 Å². The van der Waals surface area contributed by atoms with Crippen molar-refractivity contribution in [3.8, 4) is 17.2 Å². The van der Waals surface area contributed by atoms with Crippen molar-refractivity contribution in [3.63, 3.8) is 0 Å². The van der Waals surface area contributed by atoms with Gasteiger partial charge in [0.15, 0.2) is 0 Å². The van der Waals surface area contributed by atoms with Crippen LogP contribution in [0.4, 0.5) is 11.4 Å². The molecule has 1 amide bonds. The summed E-state index contributed by atoms with van der Waals surface area (Å²) in [4.78, 5) is 13.6. The van der Waals surface area contributed by atoms with Gasteiger partial charge < -0.3 is 10.6 Å². The monoisotopic (exact) mass is 473 g/mol. The summed E-state index contributed by atoms with van der Waals surface area (Å²) in [6.45, 7) is 0. The Hall–Kier alpha value is -4.10. The fourth-order valence-corrected chi connectivity index (χ4v) is 5.30. The number of amides is 1. The molecule has 1 fully saturated rings. The maximum Gasteiger partial charge on any atom is 0.246 e. The molecule has 0 aromatic heterocycles. The van der Waals surface area contributed by atoms with Gasteiger partial charge in [0.05, 0.1) is 11.6 Å². The molecule has 180 valence electrons. The van der Waals surface area contributed by atoms with Crippen molar-refractivity contribution >= 4 is 28.1 Å². The molecule has 0 saturated heterocycles. The number of hydrogen-bond acceptors (Lipinski definition) is 3. The van der Waals surface area contributed by atoms with Gasteiger partial charge in [0.25, 0.3) is 0 Å². The third kappa shape index (κ3) is 5.42. The van der Waals surface area contributed by atoms with Crippen molar-refractivity contribution in [2.75, 3.05) is 10.6 Å². The molecule has 1 aliphatic carbocycles. The van der Waals surface area contributed by atoms with Crippen molar-refractivity contribution in [2.24, 2.45) is 5.92 Å². The second-order valence-corrected chi connectivity index (χ2v) is 9.69. The van der Waals surface area contributed by atoms with Crippen LogP contribution in [0.1, 0.15) is 44.1 Å². The van der Waals surface area contributed by atoms with E-state index >= 15 is 0 Å². The summed E-state index contributed by atoms with van der Waals surface area (Å²) in [5.41, 5.74) is 4.59. The highest BCUT2D eigenvalue weighted by atomic mass is 16.2. The Morgan fingerprint density at radius 3 is 2.19 bits per heavy atom. The number of anilines is 2. The first-order chi connectivity index (χ1) is 17.7. The molecular formula is C32H31N3O. The van der Waals surface area contributed by atoms with Crippen LogP contribution in [0.5, 0.6) is 0 Å². The zero-order chi connectivity index (χ0) is 24.7. The number of fused-ring (bicyclic) bond motifs is 1. The predicted molar refractivity (Wildman–Crippen MR) is 148 cm³/mol. The van der Waals surface area contributed by atoms with Gasteiger partial charge in [0.2, 0.25) is 5.91 Å². The average Bonchev–Trinajstić information content (AvgIpc) is 2.94. The lowest BCUT2D eigenvalue weighted by Gasteiger charge is -2.27. The first kappa shape index (κ1) is 23.6. The van der Waals surface area contributed by atoms with Crippen molar-refractivity contribution in [3.05, 3.63) is 96.6 Å². The maximum atomic E-state index is 13.6. The highest BCUT2D eigenvalue weighted by Gasteiger charge is 2.25. The number of carbonyl (C=O) groups is 1. The van der Waals surface area contributed by atoms with E-state index < -0.39 is 0 Å². The van der Waals surface area contributed by atoms with Gasteiger partial charge in [-0.15, -0.1) is 0 Å². The molecule has 0 bridgehead atoms. The van der Waals surface area contributed by atoms with Crippen LogP contribution in [0.3, 0.4) is 0 Å². The summed E-state index contributed by atoms with van der Waals surface area (Å²) in [6.07, 6.45) is 6.90. The number of hydrogen-bond donors (Lipinski definition) is 2. The van der Waals surface area contributed by atoms with Gasteiger partial charge in [-0.1, -0.05) is 98.8 Å². The van der Waals surface area contributed by atoms with E-state index in [1.54, 1.807) is 0 Å². The summed E-state index contributed by atoms with van der Waals surface area (Å²) in [7, 11) is 0. The van der Waals surface area contributed by atoms with Crippen molar-refractivity contribution in [1.29, 1.82) is 5.26 Å². The van der Waals surface area contributed by atoms with Crippen molar-refractivity contribution < 1.29 is 4.79 Å². The smallest absolute Gasteiger partial charge is 0.246 e. The van der Waals surface area contributed by atoms with Gasteiger partial charge in [-0.05, 0) is 47.7 Å². The van der Waals surface area contributed by atoms with Gasteiger partial charge in [-0.3, -0.25) is 4.79 Å². The lowest BCUT2D eigenvalue weighted by Crippen LogP contribution is -2.37. The van der Waals surface area contributed by atoms with E-state index in [0.717, 1.165) is 39.7 Å². The number of nitrogens with zero attached hydrogens (tertiary/aromatic N) is 1. The lowest BCUT2D eigenvalue weighted by molar-refractivity contribution is -0.117. The molecule has 0 unspecified atom stereocenters. The number of benzene rings is 4. The fourth-order valence-electron chi connectivity index (χ4n) is 5.30. The normalized spacial score (nSPS) is 14.6. The molecule has 2 N–H and O–H groups in total. The van der Waals surface area contributed by atoms with Gasteiger partial charge in [0.1, 0.15) is 6.04 Å². The topological polar surface area (TPSA) is 64.9 Å². The molecule has 0 spiro atoms. The molecular weight excluding hydrogens is 442 g/mol. The van der Waals surface area contributed by atoms with E-state index in [-0.39, 0.29) is 11.9 Å². The summed E-state index contributed by atoms with van der Waals surface area (Å²) >= 11 is 0. The van der Waals surface area contributed by atoms with Crippen LogP contribution in [0, 0.1) is 17.2 Å². The molecule has 1 aliphatic rings. The van der Waals surface area contributed by atoms with E-state index in [4.69, 9.17) is 0 Å². The Morgan fingerprint density at radius 2 is 1.47 bits per heavy atom. The predicted octanol–water partition coefficient (Wildman–Crippen LogP) is 7.77. The van der Waals surface area contributed by atoms with Crippen LogP contribution >= 0.6 is 0 Å². The Balaban J connectivity index is 1.38. The summed E-state index contributed by atoms with van der Waals surface area (Å²) in [5, 5.41) is 18.1. The van der Waals surface area contributed by atoms with Crippen LogP contribution in [-0.2, 0) is 4.79 Å². The molecule has 36 heavy (non-hydrogen) atoms. The zero-order valence-corrected chi connectivity index (χ0v) is 20.4. The van der Waals surface area contributed by atoms with Crippen molar-refractivity contribution in [2.45, 2.75) is 44.6 Å². The van der Waals surface area contributed by atoms with Crippen LogP contribution in [-0.4, -0.2) is 11.9 Å². The van der Waals surface area contributed by atoms with E-state index in [1.807, 2.05) is 78.9 Å². The third-order valence-electron chi connectivity index (χ3n) is 7.24. The quantitative estimate of drug-likeness (QED) is 0.288. The van der Waals surface area contributed by atoms with Crippen LogP contribution in [0.15, 0.2) is 91.0 Å². The number of rotatable bonds is 7. The van der Waals surface area contributed by atoms with Crippen LogP contribution in [0.2, 0.25) is 0 Å². The first-order valence-electron chi connectivity index (χ1n) is 12.9. The molecule has 1 atom stereocenters. The van der Waals surface area contributed by atoms with E-state index in [1.165, 1.54) is 32.1 Å². The Bertz CT molecular complexity index is 1370. The molecule has 1 saturated carbocycles. The third-order valence-corrected chi connectivity index (χ3v) is 7.24. The van der Waals surface area contributed by atoms with Gasteiger partial charge >= 0.3 is 0 Å². The standard InChI is InChI=1S/C32H31N3O/c33-22-26-17-20-30(29-14-8-7-13-28(26)29)35-31(21-23-9-3-1-4-10-23)32(36)34-27-18-15-25(16-19-27)24-11-5-2-6-12-24/h2,5-8,11-20,23,31,35H,1,3-4,9-10,21H2,(H,34,36)/t31-/m0/s1. The largest absolute Gasteiger partial charge is 0.373 e. The lowest BCUT2D eigenvalue weighted by atomic mass is 9.84. The molecule has 0 radical (unpaired) electrons. The summed E-state index contributed by atoms with van der Waals surface area (Å²) in [5.74, 6) is 0.508. The number of nitriles is 1. The maximum absolute atomic E-state index is 13.6. The molecule has 4 nitrogen and oxygen atoms in total. The highest BCUT2D eigenvalue weighted by Crippen LogP contribution is 2.31. The molecule has 0 heterocycles.